The average molecular weight is 370 g/mol. The first kappa shape index (κ1) is 16.5. The number of nitrogens with one attached hydrogen (secondary N) is 1. The number of thiazole rings is 1. The Bertz CT molecular complexity index is 1140. The van der Waals surface area contributed by atoms with Crippen molar-refractivity contribution in [2.24, 2.45) is 0 Å². The predicted octanol–water partition coefficient (Wildman–Crippen LogP) is 4.39. The van der Waals surface area contributed by atoms with Crippen molar-refractivity contribution >= 4 is 33.3 Å². The lowest BCUT2D eigenvalue weighted by atomic mass is 10.2. The summed E-state index contributed by atoms with van der Waals surface area (Å²) in [4.78, 5) is 17.1. The Labute approximate surface area is 152 Å². The van der Waals surface area contributed by atoms with Crippen LogP contribution in [-0.2, 0) is 0 Å². The van der Waals surface area contributed by atoms with Gasteiger partial charge in [0.15, 0.2) is 0 Å². The second kappa shape index (κ2) is 6.06. The van der Waals surface area contributed by atoms with Gasteiger partial charge in [0.1, 0.15) is 23.2 Å². The third-order valence-electron chi connectivity index (χ3n) is 3.88. The summed E-state index contributed by atoms with van der Waals surface area (Å²) in [7, 11) is 0. The second-order valence-electron chi connectivity index (χ2n) is 5.97. The van der Waals surface area contributed by atoms with Gasteiger partial charge in [0.25, 0.3) is 5.91 Å². The lowest BCUT2D eigenvalue weighted by Gasteiger charge is -2.05. The molecule has 0 saturated heterocycles. The number of rotatable bonds is 3. The van der Waals surface area contributed by atoms with Crippen LogP contribution in [0.4, 0.5) is 10.2 Å². The van der Waals surface area contributed by atoms with Crippen LogP contribution >= 0.6 is 11.3 Å². The molecule has 1 aromatic carbocycles. The van der Waals surface area contributed by atoms with Crippen LogP contribution in [0.25, 0.3) is 15.3 Å². The number of anilines is 1. The summed E-state index contributed by atoms with van der Waals surface area (Å²) >= 11 is 1.30. The highest BCUT2D eigenvalue weighted by Crippen LogP contribution is 2.28. The van der Waals surface area contributed by atoms with E-state index in [0.29, 0.717) is 38.2 Å². The van der Waals surface area contributed by atoms with Crippen LogP contribution in [0.15, 0.2) is 34.7 Å². The zero-order valence-corrected chi connectivity index (χ0v) is 15.1. The van der Waals surface area contributed by atoms with Gasteiger partial charge >= 0.3 is 0 Å². The molecule has 4 rings (SSSR count). The number of amides is 1. The Balaban J connectivity index is 1.72. The normalized spacial score (nSPS) is 11.2. The number of carbonyl (C=O) groups is 1. The number of halogens is 1. The summed E-state index contributed by atoms with van der Waals surface area (Å²) in [6.07, 6.45) is 0. The minimum atomic E-state index is -0.316. The monoisotopic (exact) mass is 370 g/mol. The summed E-state index contributed by atoms with van der Waals surface area (Å²) in [5.74, 6) is 1.12. The molecular weight excluding hydrogens is 355 g/mol. The van der Waals surface area contributed by atoms with E-state index in [9.17, 15) is 9.18 Å². The molecule has 0 unspecified atom stereocenters. The van der Waals surface area contributed by atoms with Crippen molar-refractivity contribution in [2.75, 3.05) is 5.32 Å². The Morgan fingerprint density at radius 1 is 1.23 bits per heavy atom. The van der Waals surface area contributed by atoms with Crippen molar-refractivity contribution < 1.29 is 13.6 Å². The third kappa shape index (κ3) is 2.88. The molecule has 3 aromatic heterocycles. The van der Waals surface area contributed by atoms with E-state index in [1.54, 1.807) is 36.7 Å². The largest absolute Gasteiger partial charge is 0.466 e. The summed E-state index contributed by atoms with van der Waals surface area (Å²) in [6.45, 7) is 5.36. The number of hydrogen-bond donors (Lipinski definition) is 1. The zero-order chi connectivity index (χ0) is 18.4. The van der Waals surface area contributed by atoms with E-state index in [1.165, 1.54) is 23.5 Å². The molecule has 0 radical (unpaired) electrons. The lowest BCUT2D eigenvalue weighted by molar-refractivity contribution is 0.102. The van der Waals surface area contributed by atoms with Gasteiger partial charge in [-0.25, -0.2) is 9.37 Å². The predicted molar refractivity (Wildman–Crippen MR) is 97.6 cm³/mol. The number of nitrogens with zero attached hydrogens (tertiary/aromatic N) is 3. The van der Waals surface area contributed by atoms with Gasteiger partial charge in [-0.1, -0.05) is 11.3 Å². The maximum atomic E-state index is 13.4. The molecule has 0 aliphatic rings. The van der Waals surface area contributed by atoms with Crippen LogP contribution in [-0.4, -0.2) is 20.7 Å². The summed E-state index contributed by atoms with van der Waals surface area (Å²) in [5, 5.41) is 7.81. The number of fused-ring (bicyclic) bond motifs is 1. The van der Waals surface area contributed by atoms with Crippen LogP contribution in [0, 0.1) is 26.6 Å². The smallest absolute Gasteiger partial charge is 0.260 e. The molecule has 0 aliphatic heterocycles. The molecule has 4 aromatic rings. The molecule has 8 heteroatoms. The minimum Gasteiger partial charge on any atom is -0.466 e. The number of aromatic nitrogens is 3. The van der Waals surface area contributed by atoms with Crippen molar-refractivity contribution in [3.05, 3.63) is 58.9 Å². The van der Waals surface area contributed by atoms with E-state index >= 15 is 0 Å². The summed E-state index contributed by atoms with van der Waals surface area (Å²) < 4.78 is 21.1. The number of aryl methyl sites for hydroxylation is 3. The lowest BCUT2D eigenvalue weighted by Crippen LogP contribution is -2.15. The zero-order valence-electron chi connectivity index (χ0n) is 14.3. The van der Waals surface area contributed by atoms with Crippen molar-refractivity contribution in [2.45, 2.75) is 20.8 Å². The Morgan fingerprint density at radius 3 is 2.77 bits per heavy atom. The van der Waals surface area contributed by atoms with Gasteiger partial charge in [-0.15, -0.1) is 0 Å². The molecule has 0 spiro atoms. The van der Waals surface area contributed by atoms with Gasteiger partial charge in [0.05, 0.1) is 21.5 Å². The van der Waals surface area contributed by atoms with E-state index < -0.39 is 0 Å². The quantitative estimate of drug-likeness (QED) is 0.580. The van der Waals surface area contributed by atoms with E-state index in [-0.39, 0.29) is 11.7 Å². The SMILES string of the molecule is Cc1cc(NC(=O)c2cc(C)oc2C)n(-c2nc3ccc(F)cc3s2)n1. The van der Waals surface area contributed by atoms with Crippen LogP contribution in [0.5, 0.6) is 0 Å². The van der Waals surface area contributed by atoms with Gasteiger partial charge in [-0.3, -0.25) is 4.79 Å². The standard InChI is InChI=1S/C18H15FN4O2S/c1-9-6-16(21-17(24)13-7-10(2)25-11(13)3)23(22-9)18-20-14-5-4-12(19)8-15(14)26-18/h4-8H,1-3H3,(H,21,24). The van der Waals surface area contributed by atoms with Crippen molar-refractivity contribution in [1.29, 1.82) is 0 Å². The molecule has 0 aliphatic carbocycles. The second-order valence-corrected chi connectivity index (χ2v) is 6.98. The Kier molecular flexibility index (Phi) is 3.84. The third-order valence-corrected chi connectivity index (χ3v) is 4.87. The molecule has 1 amide bonds. The minimum absolute atomic E-state index is 0.285. The topological polar surface area (TPSA) is 73.0 Å². The van der Waals surface area contributed by atoms with E-state index in [4.69, 9.17) is 4.42 Å². The molecule has 0 fully saturated rings. The number of carbonyl (C=O) groups excluding carboxylic acids is 1. The average Bonchev–Trinajstić information content (AvgIpc) is 3.23. The fourth-order valence-electron chi connectivity index (χ4n) is 2.75. The van der Waals surface area contributed by atoms with Crippen molar-refractivity contribution in [3.63, 3.8) is 0 Å². The highest BCUT2D eigenvalue weighted by atomic mass is 32.1. The first-order valence-electron chi connectivity index (χ1n) is 7.92. The van der Waals surface area contributed by atoms with Gasteiger partial charge in [0.2, 0.25) is 5.13 Å². The van der Waals surface area contributed by atoms with Crippen LogP contribution in [0.2, 0.25) is 0 Å². The van der Waals surface area contributed by atoms with Gasteiger partial charge in [-0.05, 0) is 45.0 Å². The van der Waals surface area contributed by atoms with Gasteiger partial charge < -0.3 is 9.73 Å². The van der Waals surface area contributed by atoms with E-state index in [2.05, 4.69) is 15.4 Å². The highest BCUT2D eigenvalue weighted by Gasteiger charge is 2.18. The fourth-order valence-corrected chi connectivity index (χ4v) is 3.71. The van der Waals surface area contributed by atoms with Crippen molar-refractivity contribution in [3.8, 4) is 5.13 Å². The van der Waals surface area contributed by atoms with Crippen molar-refractivity contribution in [1.82, 2.24) is 14.8 Å². The van der Waals surface area contributed by atoms with Crippen LogP contribution in [0.1, 0.15) is 27.6 Å². The van der Waals surface area contributed by atoms with Crippen LogP contribution < -0.4 is 5.32 Å². The molecule has 0 saturated carbocycles. The van der Waals surface area contributed by atoms with Gasteiger partial charge in [0, 0.05) is 6.07 Å². The van der Waals surface area contributed by atoms with Gasteiger partial charge in [-0.2, -0.15) is 9.78 Å². The molecule has 0 atom stereocenters. The van der Waals surface area contributed by atoms with E-state index in [1.807, 2.05) is 6.92 Å². The first-order chi connectivity index (χ1) is 12.4. The molecule has 3 heterocycles. The van der Waals surface area contributed by atoms with Crippen LogP contribution in [0.3, 0.4) is 0 Å². The Morgan fingerprint density at radius 2 is 2.04 bits per heavy atom. The highest BCUT2D eigenvalue weighted by molar-refractivity contribution is 7.20. The number of benzene rings is 1. The molecule has 26 heavy (non-hydrogen) atoms. The summed E-state index contributed by atoms with van der Waals surface area (Å²) in [5.41, 5.74) is 1.88. The van der Waals surface area contributed by atoms with E-state index in [0.717, 1.165) is 5.69 Å². The Hall–Kier alpha value is -3.00. The number of furan rings is 1. The molecule has 0 bridgehead atoms. The fraction of sp³-hybridized carbons (Fsp3) is 0.167. The molecule has 1 N–H and O–H groups in total. The first-order valence-corrected chi connectivity index (χ1v) is 8.74. The molecule has 132 valence electrons. The molecule has 6 nitrogen and oxygen atoms in total. The summed E-state index contributed by atoms with van der Waals surface area (Å²) in [6, 6.07) is 7.87. The maximum Gasteiger partial charge on any atom is 0.260 e. The molecular formula is C18H15FN4O2S. The number of hydrogen-bond acceptors (Lipinski definition) is 5. The maximum absolute atomic E-state index is 13.4.